The highest BCUT2D eigenvalue weighted by atomic mass is 16.7. The molecular weight excluding hydrogens is 376 g/mol. The zero-order valence-corrected chi connectivity index (χ0v) is 17.0. The number of hydrogen-bond acceptors (Lipinski definition) is 7. The van der Waals surface area contributed by atoms with E-state index in [1.54, 1.807) is 6.92 Å². The first-order chi connectivity index (χ1) is 14.1. The van der Waals surface area contributed by atoms with Crippen molar-refractivity contribution in [1.82, 2.24) is 20.3 Å². The van der Waals surface area contributed by atoms with Crippen LogP contribution in [0.4, 0.5) is 0 Å². The summed E-state index contributed by atoms with van der Waals surface area (Å²) in [6.07, 6.45) is 1.07. The van der Waals surface area contributed by atoms with Crippen molar-refractivity contribution in [3.8, 4) is 0 Å². The summed E-state index contributed by atoms with van der Waals surface area (Å²) in [4.78, 5) is 24.6. The third-order valence-corrected chi connectivity index (χ3v) is 4.00. The SMILES string of the molecule is CCOC(=O)CC(NC(=O)c1cn(CC(OCC)OCC)nn1)c1ccccc1. The molecule has 2 rings (SSSR count). The summed E-state index contributed by atoms with van der Waals surface area (Å²) in [7, 11) is 0. The summed E-state index contributed by atoms with van der Waals surface area (Å²) in [5, 5.41) is 10.7. The average molecular weight is 404 g/mol. The van der Waals surface area contributed by atoms with Crippen LogP contribution in [0.3, 0.4) is 0 Å². The maximum absolute atomic E-state index is 12.7. The van der Waals surface area contributed by atoms with E-state index in [0.29, 0.717) is 19.8 Å². The van der Waals surface area contributed by atoms with Gasteiger partial charge in [0.1, 0.15) is 0 Å². The first-order valence-electron chi connectivity index (χ1n) is 9.72. The molecule has 9 nitrogen and oxygen atoms in total. The summed E-state index contributed by atoms with van der Waals surface area (Å²) in [5.74, 6) is -0.819. The minimum absolute atomic E-state index is 0.0223. The third kappa shape index (κ3) is 7.28. The lowest BCUT2D eigenvalue weighted by Gasteiger charge is -2.18. The molecule has 2 aromatic rings. The Hall–Kier alpha value is -2.78. The number of benzene rings is 1. The highest BCUT2D eigenvalue weighted by molar-refractivity contribution is 5.92. The lowest BCUT2D eigenvalue weighted by atomic mass is 10.0. The minimum Gasteiger partial charge on any atom is -0.466 e. The Balaban J connectivity index is 2.07. The molecule has 1 N–H and O–H groups in total. The van der Waals surface area contributed by atoms with Gasteiger partial charge in [0.15, 0.2) is 12.0 Å². The Bertz CT molecular complexity index is 759. The van der Waals surface area contributed by atoms with Crippen LogP contribution in [0.25, 0.3) is 0 Å². The Labute approximate surface area is 170 Å². The van der Waals surface area contributed by atoms with Crippen molar-refractivity contribution in [3.63, 3.8) is 0 Å². The van der Waals surface area contributed by atoms with Crippen LogP contribution in [0, 0.1) is 0 Å². The number of ether oxygens (including phenoxy) is 3. The normalized spacial score (nSPS) is 12.0. The maximum Gasteiger partial charge on any atom is 0.308 e. The van der Waals surface area contributed by atoms with Crippen molar-refractivity contribution in [2.45, 2.75) is 46.1 Å². The van der Waals surface area contributed by atoms with Gasteiger partial charge in [-0.1, -0.05) is 35.5 Å². The summed E-state index contributed by atoms with van der Waals surface area (Å²) in [6, 6.07) is 8.71. The van der Waals surface area contributed by atoms with Gasteiger partial charge in [-0.15, -0.1) is 5.10 Å². The van der Waals surface area contributed by atoms with Crippen LogP contribution in [-0.2, 0) is 25.5 Å². The second-order valence-corrected chi connectivity index (χ2v) is 6.11. The molecular formula is C20H28N4O5. The van der Waals surface area contributed by atoms with Gasteiger partial charge < -0.3 is 19.5 Å². The van der Waals surface area contributed by atoms with Gasteiger partial charge in [-0.05, 0) is 26.3 Å². The zero-order chi connectivity index (χ0) is 21.1. The van der Waals surface area contributed by atoms with Gasteiger partial charge in [0.05, 0.1) is 31.8 Å². The quantitative estimate of drug-likeness (QED) is 0.427. The van der Waals surface area contributed by atoms with E-state index in [9.17, 15) is 9.59 Å². The zero-order valence-electron chi connectivity index (χ0n) is 17.0. The molecule has 1 aromatic heterocycles. The van der Waals surface area contributed by atoms with E-state index >= 15 is 0 Å². The first-order valence-corrected chi connectivity index (χ1v) is 9.72. The van der Waals surface area contributed by atoms with Crippen LogP contribution >= 0.6 is 0 Å². The third-order valence-electron chi connectivity index (χ3n) is 4.00. The second kappa shape index (κ2) is 11.9. The summed E-state index contributed by atoms with van der Waals surface area (Å²) >= 11 is 0. The molecule has 0 saturated heterocycles. The van der Waals surface area contributed by atoms with Crippen LogP contribution in [0.5, 0.6) is 0 Å². The van der Waals surface area contributed by atoms with Crippen LogP contribution in [-0.4, -0.2) is 53.0 Å². The van der Waals surface area contributed by atoms with E-state index in [2.05, 4.69) is 15.6 Å². The van der Waals surface area contributed by atoms with E-state index in [-0.39, 0.29) is 24.7 Å². The Kier molecular flexibility index (Phi) is 9.26. The summed E-state index contributed by atoms with van der Waals surface area (Å²) in [5.41, 5.74) is 0.940. The van der Waals surface area contributed by atoms with Gasteiger partial charge in [-0.3, -0.25) is 9.59 Å². The summed E-state index contributed by atoms with van der Waals surface area (Å²) < 4.78 is 17.5. The van der Waals surface area contributed by atoms with Crippen molar-refractivity contribution < 1.29 is 23.8 Å². The molecule has 158 valence electrons. The van der Waals surface area contributed by atoms with Gasteiger partial charge in [0, 0.05) is 13.2 Å². The van der Waals surface area contributed by atoms with E-state index in [4.69, 9.17) is 14.2 Å². The standard InChI is InChI=1S/C20H28N4O5/c1-4-27-18(25)12-16(15-10-8-7-9-11-15)21-20(26)17-13-24(23-22-17)14-19(28-5-2)29-6-3/h7-11,13,16,19H,4-6,12,14H2,1-3H3,(H,21,26). The molecule has 29 heavy (non-hydrogen) atoms. The van der Waals surface area contributed by atoms with Gasteiger partial charge in [-0.25, -0.2) is 4.68 Å². The molecule has 1 amide bonds. The van der Waals surface area contributed by atoms with Gasteiger partial charge in [0.2, 0.25) is 0 Å². The molecule has 1 unspecified atom stereocenters. The number of carbonyl (C=O) groups excluding carboxylic acids is 2. The molecule has 0 bridgehead atoms. The molecule has 0 spiro atoms. The fourth-order valence-corrected chi connectivity index (χ4v) is 2.73. The fraction of sp³-hybridized carbons (Fsp3) is 0.500. The maximum atomic E-state index is 12.7. The first kappa shape index (κ1) is 22.5. The number of esters is 1. The topological polar surface area (TPSA) is 105 Å². The number of nitrogens with zero attached hydrogens (tertiary/aromatic N) is 3. The predicted octanol–water partition coefficient (Wildman–Crippen LogP) is 2.10. The second-order valence-electron chi connectivity index (χ2n) is 6.11. The van der Waals surface area contributed by atoms with E-state index in [1.807, 2.05) is 44.2 Å². The van der Waals surface area contributed by atoms with E-state index in [1.165, 1.54) is 10.9 Å². The number of nitrogens with one attached hydrogen (secondary N) is 1. The Morgan fingerprint density at radius 1 is 1.07 bits per heavy atom. The molecule has 1 heterocycles. The Morgan fingerprint density at radius 2 is 1.76 bits per heavy atom. The summed E-state index contributed by atoms with van der Waals surface area (Å²) in [6.45, 7) is 7.08. The van der Waals surface area contributed by atoms with Crippen LogP contribution in [0.2, 0.25) is 0 Å². The van der Waals surface area contributed by atoms with Gasteiger partial charge in [0.25, 0.3) is 5.91 Å². The van der Waals surface area contributed by atoms with Crippen molar-refractivity contribution in [3.05, 3.63) is 47.8 Å². The molecule has 0 aliphatic rings. The number of carbonyl (C=O) groups is 2. The van der Waals surface area contributed by atoms with E-state index in [0.717, 1.165) is 5.56 Å². The largest absolute Gasteiger partial charge is 0.466 e. The number of aromatic nitrogens is 3. The monoisotopic (exact) mass is 404 g/mol. The highest BCUT2D eigenvalue weighted by Crippen LogP contribution is 2.18. The lowest BCUT2D eigenvalue weighted by Crippen LogP contribution is -2.31. The van der Waals surface area contributed by atoms with Crippen LogP contribution in [0.1, 0.15) is 49.3 Å². The van der Waals surface area contributed by atoms with Gasteiger partial charge >= 0.3 is 5.97 Å². The van der Waals surface area contributed by atoms with Crippen LogP contribution < -0.4 is 5.32 Å². The van der Waals surface area contributed by atoms with E-state index < -0.39 is 18.2 Å². The number of rotatable bonds is 12. The predicted molar refractivity (Wildman–Crippen MR) is 105 cm³/mol. The highest BCUT2D eigenvalue weighted by Gasteiger charge is 2.22. The van der Waals surface area contributed by atoms with Crippen molar-refractivity contribution in [1.29, 1.82) is 0 Å². The van der Waals surface area contributed by atoms with Crippen molar-refractivity contribution in [2.24, 2.45) is 0 Å². The number of amides is 1. The van der Waals surface area contributed by atoms with Crippen molar-refractivity contribution in [2.75, 3.05) is 19.8 Å². The molecule has 1 aromatic carbocycles. The molecule has 0 fully saturated rings. The molecule has 9 heteroatoms. The minimum atomic E-state index is -0.535. The van der Waals surface area contributed by atoms with Crippen LogP contribution in [0.15, 0.2) is 36.5 Å². The van der Waals surface area contributed by atoms with Gasteiger partial charge in [-0.2, -0.15) is 0 Å². The molecule has 0 saturated carbocycles. The smallest absolute Gasteiger partial charge is 0.308 e. The lowest BCUT2D eigenvalue weighted by molar-refractivity contribution is -0.145. The Morgan fingerprint density at radius 3 is 2.38 bits per heavy atom. The molecule has 0 radical (unpaired) electrons. The fourth-order valence-electron chi connectivity index (χ4n) is 2.73. The average Bonchev–Trinajstić information content (AvgIpc) is 3.17. The molecule has 0 aliphatic carbocycles. The van der Waals surface area contributed by atoms with Crippen molar-refractivity contribution >= 4 is 11.9 Å². The molecule has 1 atom stereocenters. The molecule has 0 aliphatic heterocycles. The number of hydrogen-bond donors (Lipinski definition) is 1.